The highest BCUT2D eigenvalue weighted by Crippen LogP contribution is 2.25. The Morgan fingerprint density at radius 3 is 2.59 bits per heavy atom. The zero-order valence-electron chi connectivity index (χ0n) is 10.1. The maximum Gasteiger partial charge on any atom is 0.288 e. The van der Waals surface area contributed by atoms with Gasteiger partial charge in [0.25, 0.3) is 5.69 Å². The van der Waals surface area contributed by atoms with E-state index >= 15 is 0 Å². The van der Waals surface area contributed by atoms with Crippen molar-refractivity contribution in [1.82, 2.24) is 0 Å². The molecule has 0 fully saturated rings. The van der Waals surface area contributed by atoms with Crippen molar-refractivity contribution in [2.45, 2.75) is 33.5 Å². The van der Waals surface area contributed by atoms with Crippen LogP contribution in [0.5, 0.6) is 0 Å². The molecule has 0 aromatic heterocycles. The predicted octanol–water partition coefficient (Wildman–Crippen LogP) is 3.81. The molecular weight excluding hydrogens is 242 g/mol. The predicted molar refractivity (Wildman–Crippen MR) is 67.2 cm³/mol. The Morgan fingerprint density at radius 2 is 2.06 bits per heavy atom. The van der Waals surface area contributed by atoms with Gasteiger partial charge in [0, 0.05) is 6.07 Å². The van der Waals surface area contributed by atoms with E-state index < -0.39 is 4.92 Å². The molecule has 0 aliphatic rings. The van der Waals surface area contributed by atoms with E-state index in [1.807, 2.05) is 6.92 Å². The van der Waals surface area contributed by atoms with Crippen LogP contribution in [-0.2, 0) is 11.3 Å². The van der Waals surface area contributed by atoms with E-state index in [0.717, 1.165) is 5.56 Å². The molecule has 0 aliphatic heterocycles. The molecule has 1 rings (SSSR count). The smallest absolute Gasteiger partial charge is 0.288 e. The SMILES string of the molecule is CC(C)C(C)OCc1ccc(Cl)c([N+](=O)[O-])c1. The summed E-state index contributed by atoms with van der Waals surface area (Å²) in [6.45, 7) is 6.47. The molecule has 1 unspecified atom stereocenters. The average Bonchev–Trinajstić information content (AvgIpc) is 2.26. The maximum absolute atomic E-state index is 10.7. The van der Waals surface area contributed by atoms with Crippen LogP contribution in [0.2, 0.25) is 5.02 Å². The second-order valence-corrected chi connectivity index (χ2v) is 4.71. The largest absolute Gasteiger partial charge is 0.374 e. The van der Waals surface area contributed by atoms with Crippen molar-refractivity contribution in [3.63, 3.8) is 0 Å². The van der Waals surface area contributed by atoms with Crippen LogP contribution in [-0.4, -0.2) is 11.0 Å². The van der Waals surface area contributed by atoms with Gasteiger partial charge in [-0.2, -0.15) is 0 Å². The van der Waals surface area contributed by atoms with Gasteiger partial charge in [0.2, 0.25) is 0 Å². The first kappa shape index (κ1) is 13.9. The van der Waals surface area contributed by atoms with E-state index in [2.05, 4.69) is 13.8 Å². The van der Waals surface area contributed by atoms with Crippen molar-refractivity contribution in [3.05, 3.63) is 38.9 Å². The van der Waals surface area contributed by atoms with Gasteiger partial charge < -0.3 is 4.74 Å². The molecule has 4 nitrogen and oxygen atoms in total. The van der Waals surface area contributed by atoms with Crippen molar-refractivity contribution in [1.29, 1.82) is 0 Å². The first-order valence-electron chi connectivity index (χ1n) is 5.46. The van der Waals surface area contributed by atoms with E-state index in [-0.39, 0.29) is 16.8 Å². The summed E-state index contributed by atoms with van der Waals surface area (Å²) in [6, 6.07) is 4.72. The first-order chi connectivity index (χ1) is 7.91. The maximum atomic E-state index is 10.7. The Balaban J connectivity index is 2.73. The minimum absolute atomic E-state index is 0.0787. The lowest BCUT2D eigenvalue weighted by Gasteiger charge is -2.16. The number of ether oxygens (including phenoxy) is 1. The van der Waals surface area contributed by atoms with Gasteiger partial charge >= 0.3 is 0 Å². The number of hydrogen-bond acceptors (Lipinski definition) is 3. The van der Waals surface area contributed by atoms with Crippen molar-refractivity contribution in [2.75, 3.05) is 0 Å². The minimum atomic E-state index is -0.488. The summed E-state index contributed by atoms with van der Waals surface area (Å²) >= 11 is 5.72. The van der Waals surface area contributed by atoms with Crippen LogP contribution in [0.3, 0.4) is 0 Å². The van der Waals surface area contributed by atoms with E-state index in [4.69, 9.17) is 16.3 Å². The first-order valence-corrected chi connectivity index (χ1v) is 5.84. The lowest BCUT2D eigenvalue weighted by molar-refractivity contribution is -0.384. The number of halogens is 1. The van der Waals surface area contributed by atoms with Gasteiger partial charge in [-0.25, -0.2) is 0 Å². The third-order valence-electron chi connectivity index (χ3n) is 2.66. The molecule has 0 amide bonds. The Bertz CT molecular complexity index is 407. The van der Waals surface area contributed by atoms with E-state index in [1.54, 1.807) is 6.07 Å². The van der Waals surface area contributed by atoms with E-state index in [9.17, 15) is 10.1 Å². The summed E-state index contributed by atoms with van der Waals surface area (Å²) in [7, 11) is 0. The number of nitro benzene ring substituents is 1. The topological polar surface area (TPSA) is 52.4 Å². The van der Waals surface area contributed by atoms with Crippen LogP contribution in [0.1, 0.15) is 26.3 Å². The van der Waals surface area contributed by atoms with Gasteiger partial charge in [-0.15, -0.1) is 0 Å². The second-order valence-electron chi connectivity index (χ2n) is 4.30. The van der Waals surface area contributed by atoms with Crippen molar-refractivity contribution >= 4 is 17.3 Å². The quantitative estimate of drug-likeness (QED) is 0.595. The monoisotopic (exact) mass is 257 g/mol. The Labute approximate surface area is 106 Å². The Kier molecular flexibility index (Phi) is 4.90. The molecule has 0 radical (unpaired) electrons. The van der Waals surface area contributed by atoms with E-state index in [1.165, 1.54) is 12.1 Å². The second kappa shape index (κ2) is 5.98. The summed E-state index contributed by atoms with van der Waals surface area (Å²) in [5.41, 5.74) is 0.679. The fourth-order valence-corrected chi connectivity index (χ4v) is 1.39. The number of rotatable bonds is 5. The Morgan fingerprint density at radius 1 is 1.41 bits per heavy atom. The zero-order valence-corrected chi connectivity index (χ0v) is 10.9. The van der Waals surface area contributed by atoms with E-state index in [0.29, 0.717) is 12.5 Å². The summed E-state index contributed by atoms with van der Waals surface area (Å²) in [5, 5.41) is 10.8. The fourth-order valence-electron chi connectivity index (χ4n) is 1.21. The average molecular weight is 258 g/mol. The molecule has 17 heavy (non-hydrogen) atoms. The molecule has 0 spiro atoms. The lowest BCUT2D eigenvalue weighted by atomic mass is 10.1. The van der Waals surface area contributed by atoms with Crippen LogP contribution in [0.4, 0.5) is 5.69 Å². The summed E-state index contributed by atoms with van der Waals surface area (Å²) in [5.74, 6) is 0.414. The molecule has 0 bridgehead atoms. The standard InChI is InChI=1S/C12H16ClNO3/c1-8(2)9(3)17-7-10-4-5-11(13)12(6-10)14(15)16/h4-6,8-9H,7H2,1-3H3. The highest BCUT2D eigenvalue weighted by atomic mass is 35.5. The summed E-state index contributed by atoms with van der Waals surface area (Å²) in [6.07, 6.45) is 0.115. The molecule has 5 heteroatoms. The molecule has 94 valence electrons. The summed E-state index contributed by atoms with van der Waals surface area (Å²) in [4.78, 5) is 10.2. The minimum Gasteiger partial charge on any atom is -0.374 e. The number of nitro groups is 1. The summed E-state index contributed by atoms with van der Waals surface area (Å²) < 4.78 is 5.60. The van der Waals surface area contributed by atoms with Crippen LogP contribution in [0.15, 0.2) is 18.2 Å². The van der Waals surface area contributed by atoms with Gasteiger partial charge in [-0.05, 0) is 24.5 Å². The van der Waals surface area contributed by atoms with Crippen molar-refractivity contribution in [3.8, 4) is 0 Å². The van der Waals surface area contributed by atoms with Crippen LogP contribution in [0.25, 0.3) is 0 Å². The van der Waals surface area contributed by atoms with Gasteiger partial charge in [-0.3, -0.25) is 10.1 Å². The fraction of sp³-hybridized carbons (Fsp3) is 0.500. The van der Waals surface area contributed by atoms with Crippen LogP contribution >= 0.6 is 11.6 Å². The van der Waals surface area contributed by atoms with Gasteiger partial charge in [0.15, 0.2) is 0 Å². The van der Waals surface area contributed by atoms with Crippen molar-refractivity contribution in [2.24, 2.45) is 5.92 Å². The van der Waals surface area contributed by atoms with Crippen LogP contribution < -0.4 is 0 Å². The number of benzene rings is 1. The third kappa shape index (κ3) is 3.98. The molecule has 0 saturated heterocycles. The molecule has 1 aromatic rings. The zero-order chi connectivity index (χ0) is 13.0. The van der Waals surface area contributed by atoms with Crippen molar-refractivity contribution < 1.29 is 9.66 Å². The molecule has 0 aliphatic carbocycles. The normalized spacial score (nSPS) is 12.8. The molecule has 0 N–H and O–H groups in total. The number of hydrogen-bond donors (Lipinski definition) is 0. The molecular formula is C12H16ClNO3. The van der Waals surface area contributed by atoms with Crippen LogP contribution in [0, 0.1) is 16.0 Å². The Hall–Kier alpha value is -1.13. The van der Waals surface area contributed by atoms with Gasteiger partial charge in [-0.1, -0.05) is 31.5 Å². The third-order valence-corrected chi connectivity index (χ3v) is 2.98. The lowest BCUT2D eigenvalue weighted by Crippen LogP contribution is -2.15. The molecule has 1 atom stereocenters. The molecule has 0 saturated carbocycles. The van der Waals surface area contributed by atoms with Gasteiger partial charge in [0.05, 0.1) is 17.6 Å². The highest BCUT2D eigenvalue weighted by Gasteiger charge is 2.13. The molecule has 0 heterocycles. The highest BCUT2D eigenvalue weighted by molar-refractivity contribution is 6.32. The molecule has 1 aromatic carbocycles. The number of nitrogens with zero attached hydrogens (tertiary/aromatic N) is 1. The van der Waals surface area contributed by atoms with Gasteiger partial charge in [0.1, 0.15) is 5.02 Å².